The van der Waals surface area contributed by atoms with E-state index in [0.29, 0.717) is 10.6 Å². The van der Waals surface area contributed by atoms with Crippen molar-refractivity contribution in [3.8, 4) is 0 Å². The maximum absolute atomic E-state index is 13.6. The Morgan fingerprint density at radius 3 is 2.81 bits per heavy atom. The van der Waals surface area contributed by atoms with Crippen LogP contribution in [0.15, 0.2) is 24.3 Å². The number of carbonyl (C=O) groups is 1. The lowest BCUT2D eigenvalue weighted by atomic mass is 10.2. The van der Waals surface area contributed by atoms with Gasteiger partial charge in [0.2, 0.25) is 0 Å². The number of aryl methyl sites for hydroxylation is 2. The maximum atomic E-state index is 13.6. The number of hydrogen-bond donors (Lipinski definition) is 2. The Kier molecular flexibility index (Phi) is 3.13. The first kappa shape index (κ1) is 13.6. The molecule has 1 amide bonds. The minimum atomic E-state index is -0.483. The third kappa shape index (κ3) is 2.15. The van der Waals surface area contributed by atoms with E-state index in [1.807, 2.05) is 6.92 Å². The molecule has 21 heavy (non-hydrogen) atoms. The van der Waals surface area contributed by atoms with Gasteiger partial charge in [-0.25, -0.2) is 4.39 Å². The lowest BCUT2D eigenvalue weighted by molar-refractivity contribution is 0.103. The van der Waals surface area contributed by atoms with Crippen molar-refractivity contribution in [2.75, 3.05) is 11.1 Å². The van der Waals surface area contributed by atoms with Gasteiger partial charge in [0.25, 0.3) is 5.91 Å². The summed E-state index contributed by atoms with van der Waals surface area (Å²) < 4.78 is 15.3. The molecule has 0 saturated carbocycles. The summed E-state index contributed by atoms with van der Waals surface area (Å²) in [6, 6.07) is 6.01. The van der Waals surface area contributed by atoms with E-state index >= 15 is 0 Å². The van der Waals surface area contributed by atoms with Crippen LogP contribution in [0.3, 0.4) is 0 Å². The van der Waals surface area contributed by atoms with Crippen molar-refractivity contribution >= 4 is 38.8 Å². The second kappa shape index (κ2) is 4.85. The molecule has 0 saturated heterocycles. The van der Waals surface area contributed by atoms with Gasteiger partial charge in [-0.2, -0.15) is 5.10 Å². The number of aromatic nitrogens is 2. The number of amides is 1. The minimum absolute atomic E-state index is 0.134. The van der Waals surface area contributed by atoms with E-state index in [1.165, 1.54) is 23.5 Å². The molecule has 7 heteroatoms. The Morgan fingerprint density at radius 2 is 2.14 bits per heavy atom. The summed E-state index contributed by atoms with van der Waals surface area (Å²) in [5.74, 6) is -0.901. The number of rotatable bonds is 2. The molecule has 5 nitrogen and oxygen atoms in total. The van der Waals surface area contributed by atoms with Crippen LogP contribution in [0.1, 0.15) is 15.4 Å². The molecule has 108 valence electrons. The second-order valence-electron chi connectivity index (χ2n) is 4.67. The molecule has 0 aliphatic rings. The molecule has 0 aliphatic heterocycles. The Labute approximate surface area is 124 Å². The summed E-state index contributed by atoms with van der Waals surface area (Å²) in [7, 11) is 1.80. The number of benzene rings is 1. The molecule has 0 fully saturated rings. The molecule has 0 atom stereocenters. The minimum Gasteiger partial charge on any atom is -0.397 e. The van der Waals surface area contributed by atoms with Gasteiger partial charge in [0.15, 0.2) is 0 Å². The van der Waals surface area contributed by atoms with Crippen molar-refractivity contribution in [1.82, 2.24) is 9.78 Å². The predicted molar refractivity (Wildman–Crippen MR) is 82.1 cm³/mol. The number of nitrogens with zero attached hydrogens (tertiary/aromatic N) is 2. The van der Waals surface area contributed by atoms with Crippen LogP contribution in [-0.2, 0) is 7.05 Å². The van der Waals surface area contributed by atoms with E-state index in [4.69, 9.17) is 5.73 Å². The first-order chi connectivity index (χ1) is 9.99. The highest BCUT2D eigenvalue weighted by Gasteiger charge is 2.21. The van der Waals surface area contributed by atoms with Crippen molar-refractivity contribution in [1.29, 1.82) is 0 Å². The molecule has 0 spiro atoms. The highest BCUT2D eigenvalue weighted by Crippen LogP contribution is 2.35. The van der Waals surface area contributed by atoms with Crippen molar-refractivity contribution in [2.24, 2.45) is 7.05 Å². The zero-order valence-electron chi connectivity index (χ0n) is 11.5. The number of thiophene rings is 1. The molecule has 3 N–H and O–H groups in total. The van der Waals surface area contributed by atoms with Crippen molar-refractivity contribution < 1.29 is 9.18 Å². The summed E-state index contributed by atoms with van der Waals surface area (Å²) in [6.07, 6.45) is 0. The fourth-order valence-electron chi connectivity index (χ4n) is 2.24. The number of nitrogens with two attached hydrogens (primary N) is 1. The van der Waals surface area contributed by atoms with Crippen molar-refractivity contribution in [3.63, 3.8) is 0 Å². The fraction of sp³-hybridized carbons (Fsp3) is 0.143. The molecule has 0 bridgehead atoms. The Balaban J connectivity index is 2.01. The van der Waals surface area contributed by atoms with Gasteiger partial charge in [0, 0.05) is 7.05 Å². The average Bonchev–Trinajstić information content (AvgIpc) is 2.92. The number of anilines is 2. The number of fused-ring (bicyclic) bond motifs is 1. The quantitative estimate of drug-likeness (QED) is 0.764. The molecule has 0 aliphatic carbocycles. The first-order valence-electron chi connectivity index (χ1n) is 6.26. The number of hydrogen-bond acceptors (Lipinski definition) is 4. The van der Waals surface area contributed by atoms with Gasteiger partial charge in [-0.1, -0.05) is 12.1 Å². The standard InChI is InChI=1S/C14H13FN4OS/c1-7-10-11(16)12(21-14(10)19(2)18-7)13(20)17-9-6-4-3-5-8(9)15/h3-6H,16H2,1-2H3,(H,17,20). The van der Waals surface area contributed by atoms with Gasteiger partial charge in [-0.05, 0) is 19.1 Å². The summed E-state index contributed by atoms with van der Waals surface area (Å²) in [5, 5.41) is 7.59. The first-order valence-corrected chi connectivity index (χ1v) is 7.08. The molecule has 3 aromatic rings. The number of nitrogen functional groups attached to an aromatic ring is 1. The van der Waals surface area contributed by atoms with Crippen molar-refractivity contribution in [2.45, 2.75) is 6.92 Å². The summed E-state index contributed by atoms with van der Waals surface area (Å²) in [4.78, 5) is 13.5. The van der Waals surface area contributed by atoms with Gasteiger partial charge in [0.05, 0.1) is 22.5 Å². The number of nitrogens with one attached hydrogen (secondary N) is 1. The summed E-state index contributed by atoms with van der Waals surface area (Å²) in [5.41, 5.74) is 7.34. The molecular weight excluding hydrogens is 291 g/mol. The normalized spacial score (nSPS) is 11.0. The van der Waals surface area contributed by atoms with Gasteiger partial charge in [-0.3, -0.25) is 9.48 Å². The number of halogens is 1. The van der Waals surface area contributed by atoms with E-state index in [0.717, 1.165) is 15.9 Å². The van der Waals surface area contributed by atoms with Crippen LogP contribution in [-0.4, -0.2) is 15.7 Å². The van der Waals surface area contributed by atoms with E-state index in [-0.39, 0.29) is 5.69 Å². The zero-order valence-corrected chi connectivity index (χ0v) is 12.3. The molecule has 0 radical (unpaired) electrons. The molecule has 2 heterocycles. The maximum Gasteiger partial charge on any atom is 0.268 e. The highest BCUT2D eigenvalue weighted by molar-refractivity contribution is 7.21. The van der Waals surface area contributed by atoms with Crippen LogP contribution >= 0.6 is 11.3 Å². The Hall–Kier alpha value is -2.41. The van der Waals surface area contributed by atoms with Crippen LogP contribution in [0, 0.1) is 12.7 Å². The highest BCUT2D eigenvalue weighted by atomic mass is 32.1. The van der Waals surface area contributed by atoms with Crippen LogP contribution < -0.4 is 11.1 Å². The zero-order chi connectivity index (χ0) is 15.1. The third-order valence-corrected chi connectivity index (χ3v) is 4.48. The van der Waals surface area contributed by atoms with Crippen LogP contribution in [0.4, 0.5) is 15.8 Å². The third-order valence-electron chi connectivity index (χ3n) is 3.21. The van der Waals surface area contributed by atoms with Crippen LogP contribution in [0.5, 0.6) is 0 Å². The smallest absolute Gasteiger partial charge is 0.268 e. The Bertz CT molecular complexity index is 852. The van der Waals surface area contributed by atoms with E-state index < -0.39 is 11.7 Å². The van der Waals surface area contributed by atoms with Crippen LogP contribution in [0.25, 0.3) is 10.2 Å². The van der Waals surface area contributed by atoms with E-state index in [9.17, 15) is 9.18 Å². The molecule has 3 rings (SSSR count). The molecule has 1 aromatic carbocycles. The van der Waals surface area contributed by atoms with Crippen molar-refractivity contribution in [3.05, 3.63) is 40.7 Å². The lowest BCUT2D eigenvalue weighted by Crippen LogP contribution is -2.13. The SMILES string of the molecule is Cc1nn(C)c2sc(C(=O)Nc3ccccc3F)c(N)c12. The van der Waals surface area contributed by atoms with Gasteiger partial charge >= 0.3 is 0 Å². The number of carbonyl (C=O) groups excluding carboxylic acids is 1. The fourth-order valence-corrected chi connectivity index (χ4v) is 3.32. The summed E-state index contributed by atoms with van der Waals surface area (Å²) in [6.45, 7) is 1.84. The second-order valence-corrected chi connectivity index (χ2v) is 5.67. The number of para-hydroxylation sites is 1. The van der Waals surface area contributed by atoms with Gasteiger partial charge < -0.3 is 11.1 Å². The topological polar surface area (TPSA) is 72.9 Å². The average molecular weight is 304 g/mol. The lowest BCUT2D eigenvalue weighted by Gasteiger charge is -2.05. The van der Waals surface area contributed by atoms with E-state index in [1.54, 1.807) is 23.9 Å². The van der Waals surface area contributed by atoms with Gasteiger partial charge in [-0.15, -0.1) is 11.3 Å². The van der Waals surface area contributed by atoms with Gasteiger partial charge in [0.1, 0.15) is 15.5 Å². The molecular formula is C14H13FN4OS. The molecule has 0 unspecified atom stereocenters. The largest absolute Gasteiger partial charge is 0.397 e. The predicted octanol–water partition coefficient (Wildman–Crippen LogP) is 2.92. The summed E-state index contributed by atoms with van der Waals surface area (Å²) >= 11 is 1.25. The monoisotopic (exact) mass is 304 g/mol. The van der Waals surface area contributed by atoms with E-state index in [2.05, 4.69) is 10.4 Å². The molecule has 2 aromatic heterocycles. The van der Waals surface area contributed by atoms with Crippen LogP contribution in [0.2, 0.25) is 0 Å². The Morgan fingerprint density at radius 1 is 1.43 bits per heavy atom.